The number of carbonyl (C=O) groups excluding carboxylic acids is 1. The number of rotatable bonds is 5. The molecule has 0 fully saturated rings. The largest absolute Gasteiger partial charge is 0.343 e. The SMILES string of the molecule is C=C(C)Cn1c(CNC(=O)c2ccccn2)nc2ccccc21. The average Bonchev–Trinajstić information content (AvgIpc) is 2.91. The summed E-state index contributed by atoms with van der Waals surface area (Å²) in [6.07, 6.45) is 1.60. The van der Waals surface area contributed by atoms with Gasteiger partial charge < -0.3 is 9.88 Å². The zero-order chi connectivity index (χ0) is 16.2. The maximum Gasteiger partial charge on any atom is 0.270 e. The summed E-state index contributed by atoms with van der Waals surface area (Å²) in [5, 5.41) is 2.88. The molecule has 2 aromatic heterocycles. The molecule has 0 saturated carbocycles. The van der Waals surface area contributed by atoms with Crippen molar-refractivity contribution in [2.24, 2.45) is 0 Å². The number of nitrogens with zero attached hydrogens (tertiary/aromatic N) is 3. The van der Waals surface area contributed by atoms with Crippen LogP contribution >= 0.6 is 0 Å². The molecule has 116 valence electrons. The van der Waals surface area contributed by atoms with Crippen molar-refractivity contribution in [3.05, 3.63) is 72.3 Å². The van der Waals surface area contributed by atoms with Gasteiger partial charge in [-0.25, -0.2) is 4.98 Å². The smallest absolute Gasteiger partial charge is 0.270 e. The summed E-state index contributed by atoms with van der Waals surface area (Å²) < 4.78 is 2.08. The van der Waals surface area contributed by atoms with Crippen molar-refractivity contribution in [2.45, 2.75) is 20.0 Å². The van der Waals surface area contributed by atoms with Gasteiger partial charge in [-0.15, -0.1) is 0 Å². The fraction of sp³-hybridized carbons (Fsp3) is 0.167. The Morgan fingerprint density at radius 2 is 2.00 bits per heavy atom. The second-order valence-corrected chi connectivity index (χ2v) is 5.46. The van der Waals surface area contributed by atoms with E-state index < -0.39 is 0 Å². The Kier molecular flexibility index (Phi) is 4.19. The first-order chi connectivity index (χ1) is 11.1. The van der Waals surface area contributed by atoms with Gasteiger partial charge in [0.2, 0.25) is 0 Å². The molecule has 0 aliphatic rings. The molecule has 0 bridgehead atoms. The highest BCUT2D eigenvalue weighted by molar-refractivity contribution is 5.92. The van der Waals surface area contributed by atoms with Crippen LogP contribution in [0.3, 0.4) is 0 Å². The Labute approximate surface area is 134 Å². The predicted molar refractivity (Wildman–Crippen MR) is 90.0 cm³/mol. The van der Waals surface area contributed by atoms with E-state index in [0.29, 0.717) is 18.8 Å². The average molecular weight is 306 g/mol. The molecule has 1 amide bonds. The zero-order valence-corrected chi connectivity index (χ0v) is 13.0. The van der Waals surface area contributed by atoms with Crippen LogP contribution in [-0.4, -0.2) is 20.4 Å². The fourth-order valence-electron chi connectivity index (χ4n) is 2.45. The minimum absolute atomic E-state index is 0.209. The lowest BCUT2D eigenvalue weighted by atomic mass is 10.3. The lowest BCUT2D eigenvalue weighted by Gasteiger charge is -2.10. The molecule has 5 heteroatoms. The number of pyridine rings is 1. The first kappa shape index (κ1) is 15.0. The third-order valence-corrected chi connectivity index (χ3v) is 3.47. The number of para-hydroxylation sites is 2. The zero-order valence-electron chi connectivity index (χ0n) is 13.0. The quantitative estimate of drug-likeness (QED) is 0.737. The van der Waals surface area contributed by atoms with E-state index in [9.17, 15) is 4.79 Å². The van der Waals surface area contributed by atoms with Gasteiger partial charge in [-0.05, 0) is 31.2 Å². The molecule has 0 saturated heterocycles. The molecule has 5 nitrogen and oxygen atoms in total. The van der Waals surface area contributed by atoms with Crippen LogP contribution in [0.4, 0.5) is 0 Å². The van der Waals surface area contributed by atoms with E-state index in [0.717, 1.165) is 22.4 Å². The molecule has 3 aromatic rings. The summed E-state index contributed by atoms with van der Waals surface area (Å²) in [7, 11) is 0. The van der Waals surface area contributed by atoms with Gasteiger partial charge in [0.1, 0.15) is 11.5 Å². The Morgan fingerprint density at radius 1 is 1.22 bits per heavy atom. The normalized spacial score (nSPS) is 10.7. The van der Waals surface area contributed by atoms with Crippen LogP contribution in [0.1, 0.15) is 23.2 Å². The summed E-state index contributed by atoms with van der Waals surface area (Å²) >= 11 is 0. The molecule has 0 spiro atoms. The lowest BCUT2D eigenvalue weighted by Crippen LogP contribution is -2.25. The Hall–Kier alpha value is -2.95. The van der Waals surface area contributed by atoms with Crippen LogP contribution in [0.25, 0.3) is 11.0 Å². The van der Waals surface area contributed by atoms with Crippen molar-refractivity contribution in [3.8, 4) is 0 Å². The van der Waals surface area contributed by atoms with Crippen LogP contribution in [0.2, 0.25) is 0 Å². The van der Waals surface area contributed by atoms with Crippen LogP contribution in [0.5, 0.6) is 0 Å². The van der Waals surface area contributed by atoms with E-state index in [1.165, 1.54) is 0 Å². The number of allylic oxidation sites excluding steroid dienone is 1. The summed E-state index contributed by atoms with van der Waals surface area (Å²) in [6.45, 7) is 6.97. The van der Waals surface area contributed by atoms with Gasteiger partial charge in [-0.1, -0.05) is 30.4 Å². The van der Waals surface area contributed by atoms with Crippen LogP contribution in [0.15, 0.2) is 60.8 Å². The highest BCUT2D eigenvalue weighted by Crippen LogP contribution is 2.17. The lowest BCUT2D eigenvalue weighted by molar-refractivity contribution is 0.0944. The van der Waals surface area contributed by atoms with Crippen molar-refractivity contribution >= 4 is 16.9 Å². The third kappa shape index (κ3) is 3.29. The summed E-state index contributed by atoms with van der Waals surface area (Å²) in [4.78, 5) is 20.8. The third-order valence-electron chi connectivity index (χ3n) is 3.47. The molecule has 1 N–H and O–H groups in total. The summed E-state index contributed by atoms with van der Waals surface area (Å²) in [6, 6.07) is 13.2. The van der Waals surface area contributed by atoms with Gasteiger partial charge in [0.15, 0.2) is 0 Å². The van der Waals surface area contributed by atoms with Gasteiger partial charge in [-0.3, -0.25) is 9.78 Å². The number of aromatic nitrogens is 3. The van der Waals surface area contributed by atoms with E-state index in [2.05, 4.69) is 26.4 Å². The van der Waals surface area contributed by atoms with Gasteiger partial charge in [0.25, 0.3) is 5.91 Å². The first-order valence-corrected chi connectivity index (χ1v) is 7.43. The van der Waals surface area contributed by atoms with E-state index in [-0.39, 0.29) is 5.91 Å². The molecular formula is C18H18N4O. The topological polar surface area (TPSA) is 59.8 Å². The molecular weight excluding hydrogens is 288 g/mol. The molecule has 0 radical (unpaired) electrons. The van der Waals surface area contributed by atoms with Crippen LogP contribution < -0.4 is 5.32 Å². The maximum atomic E-state index is 12.1. The van der Waals surface area contributed by atoms with E-state index in [4.69, 9.17) is 0 Å². The molecule has 2 heterocycles. The van der Waals surface area contributed by atoms with Gasteiger partial charge in [0.05, 0.1) is 17.6 Å². The van der Waals surface area contributed by atoms with Gasteiger partial charge in [0, 0.05) is 12.7 Å². The minimum Gasteiger partial charge on any atom is -0.343 e. The maximum absolute atomic E-state index is 12.1. The van der Waals surface area contributed by atoms with Crippen LogP contribution in [-0.2, 0) is 13.1 Å². The number of amides is 1. The number of benzene rings is 1. The number of hydrogen-bond donors (Lipinski definition) is 1. The summed E-state index contributed by atoms with van der Waals surface area (Å²) in [5.41, 5.74) is 3.38. The van der Waals surface area contributed by atoms with Crippen molar-refractivity contribution in [1.29, 1.82) is 0 Å². The number of imidazole rings is 1. The predicted octanol–water partition coefficient (Wildman–Crippen LogP) is 2.94. The fourth-order valence-corrected chi connectivity index (χ4v) is 2.45. The number of fused-ring (bicyclic) bond motifs is 1. The molecule has 0 aliphatic carbocycles. The molecule has 0 aliphatic heterocycles. The Bertz CT molecular complexity index is 852. The van der Waals surface area contributed by atoms with Gasteiger partial charge >= 0.3 is 0 Å². The van der Waals surface area contributed by atoms with Crippen molar-refractivity contribution in [3.63, 3.8) is 0 Å². The number of nitrogens with one attached hydrogen (secondary N) is 1. The van der Waals surface area contributed by atoms with Crippen LogP contribution in [0, 0.1) is 0 Å². The number of hydrogen-bond acceptors (Lipinski definition) is 3. The second kappa shape index (κ2) is 6.44. The first-order valence-electron chi connectivity index (χ1n) is 7.43. The van der Waals surface area contributed by atoms with E-state index in [1.807, 2.05) is 31.2 Å². The van der Waals surface area contributed by atoms with Gasteiger partial charge in [-0.2, -0.15) is 0 Å². The van der Waals surface area contributed by atoms with E-state index in [1.54, 1.807) is 24.4 Å². The van der Waals surface area contributed by atoms with Crippen molar-refractivity contribution < 1.29 is 4.79 Å². The second-order valence-electron chi connectivity index (χ2n) is 5.46. The molecule has 1 aromatic carbocycles. The highest BCUT2D eigenvalue weighted by Gasteiger charge is 2.12. The molecule has 0 unspecified atom stereocenters. The summed E-state index contributed by atoms with van der Waals surface area (Å²) in [5.74, 6) is 0.595. The Balaban J connectivity index is 1.84. The number of carbonyl (C=O) groups is 1. The van der Waals surface area contributed by atoms with Crippen molar-refractivity contribution in [2.75, 3.05) is 0 Å². The highest BCUT2D eigenvalue weighted by atomic mass is 16.1. The van der Waals surface area contributed by atoms with Crippen molar-refractivity contribution in [1.82, 2.24) is 19.9 Å². The molecule has 0 atom stereocenters. The van der Waals surface area contributed by atoms with E-state index >= 15 is 0 Å². The minimum atomic E-state index is -0.209. The monoisotopic (exact) mass is 306 g/mol. The standard InChI is InChI=1S/C18H18N4O/c1-13(2)12-22-16-9-4-3-7-14(16)21-17(22)11-20-18(23)15-8-5-6-10-19-15/h3-10H,1,11-12H2,2H3,(H,20,23). The molecule has 23 heavy (non-hydrogen) atoms. The molecule has 3 rings (SSSR count). The Morgan fingerprint density at radius 3 is 2.74 bits per heavy atom.